The molecule has 0 bridgehead atoms. The average Bonchev–Trinajstić information content (AvgIpc) is 3.13. The molecular weight excluding hydrogens is 422 g/mol. The number of pyridine rings is 1. The first-order valence-corrected chi connectivity index (χ1v) is 11.9. The van der Waals surface area contributed by atoms with Crippen molar-refractivity contribution in [2.75, 3.05) is 36.0 Å². The lowest BCUT2D eigenvalue weighted by molar-refractivity contribution is 0.0782. The highest BCUT2D eigenvalue weighted by Crippen LogP contribution is 2.29. The second-order valence-corrected chi connectivity index (χ2v) is 9.44. The van der Waals surface area contributed by atoms with Crippen LogP contribution in [-0.4, -0.2) is 46.5 Å². The highest BCUT2D eigenvalue weighted by atomic mass is 16.3. The fourth-order valence-electron chi connectivity index (χ4n) is 4.53. The molecule has 0 unspecified atom stereocenters. The van der Waals surface area contributed by atoms with Crippen LogP contribution < -0.4 is 9.80 Å². The molecule has 1 aliphatic heterocycles. The highest BCUT2D eigenvalue weighted by molar-refractivity contribution is 5.93. The van der Waals surface area contributed by atoms with Crippen LogP contribution in [0.3, 0.4) is 0 Å². The van der Waals surface area contributed by atoms with Crippen molar-refractivity contribution in [3.8, 4) is 0 Å². The summed E-state index contributed by atoms with van der Waals surface area (Å²) in [6, 6.07) is 12.4. The molecule has 0 atom stereocenters. The standard InChI is InChI=1S/C28H31N5O/c1-28(2,34)22-13-14-26(29-20-22)32-15-17-33(18-16-32)27-24-12-8-7-11-23(24)25(30-31-27)19-21-9-5-3-4-6-10-21/h3,5-14,20,34H,4,15-19H2,1-2H3. The van der Waals surface area contributed by atoms with E-state index in [-0.39, 0.29) is 0 Å². The molecule has 3 aromatic rings. The van der Waals surface area contributed by atoms with Crippen molar-refractivity contribution in [3.05, 3.63) is 89.8 Å². The lowest BCUT2D eigenvalue weighted by Crippen LogP contribution is -2.47. The van der Waals surface area contributed by atoms with Crippen LogP contribution >= 0.6 is 0 Å². The number of nitrogens with zero attached hydrogens (tertiary/aromatic N) is 5. The van der Waals surface area contributed by atoms with Crippen LogP contribution in [0.4, 0.5) is 11.6 Å². The summed E-state index contributed by atoms with van der Waals surface area (Å²) in [6.45, 7) is 6.98. The Kier molecular flexibility index (Phi) is 6.16. The zero-order valence-electron chi connectivity index (χ0n) is 19.9. The Morgan fingerprint density at radius 3 is 2.41 bits per heavy atom. The Bertz CT molecular complexity index is 1250. The molecule has 0 radical (unpaired) electrons. The number of hydrogen-bond acceptors (Lipinski definition) is 6. The SMILES string of the molecule is CC(C)(O)c1ccc(N2CCN(c3nnc(CC4=CC=CCC=C4)c4ccccc34)CC2)nc1. The summed E-state index contributed by atoms with van der Waals surface area (Å²) in [5, 5.41) is 21.9. The molecule has 34 heavy (non-hydrogen) atoms. The van der Waals surface area contributed by atoms with Gasteiger partial charge in [-0.15, -0.1) is 5.10 Å². The molecule has 1 fully saturated rings. The molecule has 5 rings (SSSR count). The zero-order valence-corrected chi connectivity index (χ0v) is 19.9. The number of hydrogen-bond donors (Lipinski definition) is 1. The minimum Gasteiger partial charge on any atom is -0.386 e. The molecule has 1 aliphatic carbocycles. The first-order valence-electron chi connectivity index (χ1n) is 11.9. The van der Waals surface area contributed by atoms with Gasteiger partial charge < -0.3 is 14.9 Å². The van der Waals surface area contributed by atoms with E-state index in [2.05, 4.69) is 74.5 Å². The fraction of sp³-hybridized carbons (Fsp3) is 0.321. The van der Waals surface area contributed by atoms with Crippen molar-refractivity contribution in [1.82, 2.24) is 15.2 Å². The number of rotatable bonds is 5. The van der Waals surface area contributed by atoms with Gasteiger partial charge in [-0.1, -0.05) is 60.7 Å². The third kappa shape index (κ3) is 4.73. The predicted molar refractivity (Wildman–Crippen MR) is 138 cm³/mol. The monoisotopic (exact) mass is 453 g/mol. The maximum absolute atomic E-state index is 10.2. The second-order valence-electron chi connectivity index (χ2n) is 9.44. The van der Waals surface area contributed by atoms with E-state index in [1.165, 1.54) is 11.0 Å². The molecule has 0 amide bonds. The van der Waals surface area contributed by atoms with E-state index in [9.17, 15) is 5.11 Å². The van der Waals surface area contributed by atoms with Gasteiger partial charge in [-0.05, 0) is 31.9 Å². The Morgan fingerprint density at radius 2 is 1.68 bits per heavy atom. The van der Waals surface area contributed by atoms with Gasteiger partial charge in [-0.3, -0.25) is 0 Å². The summed E-state index contributed by atoms with van der Waals surface area (Å²) < 4.78 is 0. The quantitative estimate of drug-likeness (QED) is 0.611. The maximum atomic E-state index is 10.2. The van der Waals surface area contributed by atoms with Crippen LogP contribution in [0.15, 0.2) is 78.5 Å². The van der Waals surface area contributed by atoms with E-state index in [1.807, 2.05) is 12.1 Å². The number of benzene rings is 1. The molecular formula is C28H31N5O. The van der Waals surface area contributed by atoms with Crippen LogP contribution in [0.25, 0.3) is 10.8 Å². The summed E-state index contributed by atoms with van der Waals surface area (Å²) in [7, 11) is 0. The van der Waals surface area contributed by atoms with E-state index in [4.69, 9.17) is 5.10 Å². The van der Waals surface area contributed by atoms with E-state index in [0.29, 0.717) is 0 Å². The van der Waals surface area contributed by atoms with Gasteiger partial charge in [0.15, 0.2) is 5.82 Å². The molecule has 6 nitrogen and oxygen atoms in total. The number of piperazine rings is 1. The molecule has 3 heterocycles. The summed E-state index contributed by atoms with van der Waals surface area (Å²) in [4.78, 5) is 9.21. The fourth-order valence-corrected chi connectivity index (χ4v) is 4.53. The largest absolute Gasteiger partial charge is 0.386 e. The Hall–Kier alpha value is -3.51. The first-order chi connectivity index (χ1) is 16.5. The average molecular weight is 454 g/mol. The van der Waals surface area contributed by atoms with Crippen LogP contribution in [0.2, 0.25) is 0 Å². The van der Waals surface area contributed by atoms with Crippen molar-refractivity contribution in [2.24, 2.45) is 0 Å². The van der Waals surface area contributed by atoms with Crippen molar-refractivity contribution < 1.29 is 5.11 Å². The van der Waals surface area contributed by atoms with E-state index < -0.39 is 5.60 Å². The molecule has 1 aromatic carbocycles. The van der Waals surface area contributed by atoms with Crippen molar-refractivity contribution >= 4 is 22.4 Å². The molecule has 0 spiro atoms. The molecule has 1 N–H and O–H groups in total. The van der Waals surface area contributed by atoms with E-state index >= 15 is 0 Å². The molecule has 1 saturated heterocycles. The number of aromatic nitrogens is 3. The van der Waals surface area contributed by atoms with Gasteiger partial charge >= 0.3 is 0 Å². The molecule has 174 valence electrons. The Labute approximate surface area is 201 Å². The lowest BCUT2D eigenvalue weighted by atomic mass is 10.0. The Balaban J connectivity index is 1.33. The predicted octanol–water partition coefficient (Wildman–Crippen LogP) is 4.56. The minimum absolute atomic E-state index is 0.773. The number of anilines is 2. The normalized spacial score (nSPS) is 16.6. The topological polar surface area (TPSA) is 65.4 Å². The summed E-state index contributed by atoms with van der Waals surface area (Å²) in [5.74, 6) is 1.90. The van der Waals surface area contributed by atoms with Gasteiger partial charge in [0, 0.05) is 55.1 Å². The van der Waals surface area contributed by atoms with Gasteiger partial charge in [-0.2, -0.15) is 5.10 Å². The van der Waals surface area contributed by atoms with Crippen molar-refractivity contribution in [1.29, 1.82) is 0 Å². The van der Waals surface area contributed by atoms with Crippen LogP contribution in [-0.2, 0) is 12.0 Å². The highest BCUT2D eigenvalue weighted by Gasteiger charge is 2.23. The van der Waals surface area contributed by atoms with Gasteiger partial charge in [0.05, 0.1) is 11.3 Å². The number of aliphatic hydroxyl groups is 1. The summed E-state index contributed by atoms with van der Waals surface area (Å²) in [5.41, 5.74) is 2.20. The van der Waals surface area contributed by atoms with Crippen LogP contribution in [0.1, 0.15) is 31.5 Å². The maximum Gasteiger partial charge on any atom is 0.159 e. The summed E-state index contributed by atoms with van der Waals surface area (Å²) >= 11 is 0. The third-order valence-electron chi connectivity index (χ3n) is 6.52. The summed E-state index contributed by atoms with van der Waals surface area (Å²) in [6.07, 6.45) is 14.3. The third-order valence-corrected chi connectivity index (χ3v) is 6.52. The second kappa shape index (κ2) is 9.39. The van der Waals surface area contributed by atoms with Gasteiger partial charge in [-0.25, -0.2) is 4.98 Å². The molecule has 2 aliphatic rings. The van der Waals surface area contributed by atoms with E-state index in [0.717, 1.165) is 67.3 Å². The van der Waals surface area contributed by atoms with Gasteiger partial charge in [0.25, 0.3) is 0 Å². The lowest BCUT2D eigenvalue weighted by Gasteiger charge is -2.36. The van der Waals surface area contributed by atoms with Gasteiger partial charge in [0.1, 0.15) is 5.82 Å². The van der Waals surface area contributed by atoms with Crippen molar-refractivity contribution in [2.45, 2.75) is 32.3 Å². The van der Waals surface area contributed by atoms with Crippen LogP contribution in [0, 0.1) is 0 Å². The smallest absolute Gasteiger partial charge is 0.159 e. The minimum atomic E-state index is -0.879. The Morgan fingerprint density at radius 1 is 0.912 bits per heavy atom. The molecule has 0 saturated carbocycles. The molecule has 6 heteroatoms. The zero-order chi connectivity index (χ0) is 23.5. The van der Waals surface area contributed by atoms with Crippen molar-refractivity contribution in [3.63, 3.8) is 0 Å². The number of fused-ring (bicyclic) bond motifs is 1. The van der Waals surface area contributed by atoms with E-state index in [1.54, 1.807) is 20.0 Å². The van der Waals surface area contributed by atoms with Crippen LogP contribution in [0.5, 0.6) is 0 Å². The molecule has 2 aromatic heterocycles. The number of allylic oxidation sites excluding steroid dienone is 6. The first kappa shape index (κ1) is 22.3. The van der Waals surface area contributed by atoms with Gasteiger partial charge in [0.2, 0.25) is 0 Å².